The van der Waals surface area contributed by atoms with Gasteiger partial charge in [-0.3, -0.25) is 0 Å². The van der Waals surface area contributed by atoms with E-state index in [1.165, 1.54) is 11.3 Å². The molecule has 0 aromatic carbocycles. The van der Waals surface area contributed by atoms with Crippen LogP contribution in [-0.2, 0) is 14.0 Å². The number of rotatable bonds is 6. The van der Waals surface area contributed by atoms with Gasteiger partial charge in [-0.1, -0.05) is 11.3 Å². The van der Waals surface area contributed by atoms with E-state index < -0.39 is 24.3 Å². The zero-order chi connectivity index (χ0) is 18.8. The van der Waals surface area contributed by atoms with Crippen molar-refractivity contribution in [1.82, 2.24) is 10.3 Å². The number of thiazole rings is 1. The van der Waals surface area contributed by atoms with Crippen molar-refractivity contribution in [3.63, 3.8) is 0 Å². The number of ether oxygens (including phenoxy) is 1. The van der Waals surface area contributed by atoms with E-state index in [1.54, 1.807) is 6.92 Å². The Labute approximate surface area is 153 Å². The van der Waals surface area contributed by atoms with Crippen LogP contribution in [0.25, 0.3) is 6.08 Å². The fourth-order valence-electron chi connectivity index (χ4n) is 2.36. The first-order valence-corrected chi connectivity index (χ1v) is 9.07. The molecule has 0 amide bonds. The van der Waals surface area contributed by atoms with Gasteiger partial charge >= 0.3 is 13.1 Å². The summed E-state index contributed by atoms with van der Waals surface area (Å²) >= 11 is 1.23. The number of likely N-dealkylation sites (N-methyl/N-ethyl adjacent to an activating group) is 1. The number of hydrogen-bond acceptors (Lipinski definition) is 8. The van der Waals surface area contributed by atoms with Crippen molar-refractivity contribution in [3.8, 4) is 0 Å². The number of hydrogen-bond donors (Lipinski definition) is 2. The van der Waals surface area contributed by atoms with E-state index in [-0.39, 0.29) is 12.3 Å². The second kappa shape index (κ2) is 7.45. The van der Waals surface area contributed by atoms with E-state index in [0.717, 1.165) is 5.47 Å². The Morgan fingerprint density at radius 1 is 1.36 bits per heavy atom. The van der Waals surface area contributed by atoms with Gasteiger partial charge < -0.3 is 25.1 Å². The third kappa shape index (κ3) is 4.23. The fraction of sp³-hybridized carbons (Fsp3) is 0.625. The molecule has 2 heterocycles. The Balaban J connectivity index is 2.37. The van der Waals surface area contributed by atoms with Gasteiger partial charge in [0.05, 0.1) is 22.7 Å². The maximum absolute atomic E-state index is 12.1. The predicted octanol–water partition coefficient (Wildman–Crippen LogP) is 2.14. The minimum atomic E-state index is -0.518. The van der Waals surface area contributed by atoms with Gasteiger partial charge in [0, 0.05) is 6.54 Å². The topological polar surface area (TPSA) is 95.7 Å². The van der Waals surface area contributed by atoms with Gasteiger partial charge in [0.15, 0.2) is 10.8 Å². The number of esters is 1. The Bertz CT molecular complexity index is 656. The maximum atomic E-state index is 12.1. The van der Waals surface area contributed by atoms with Crippen LogP contribution in [0.1, 0.15) is 50.0 Å². The lowest BCUT2D eigenvalue weighted by atomic mass is 9.77. The monoisotopic (exact) mass is 367 g/mol. The van der Waals surface area contributed by atoms with E-state index in [0.29, 0.717) is 16.6 Å². The normalized spacial score (nSPS) is 19.3. The average molecular weight is 367 g/mol. The van der Waals surface area contributed by atoms with E-state index in [2.05, 4.69) is 10.3 Å². The summed E-state index contributed by atoms with van der Waals surface area (Å²) in [6.07, 6.45) is 1.85. The Hall–Kier alpha value is -1.42. The molecule has 0 atom stereocenters. The maximum Gasteiger partial charge on any atom is 0.491 e. The van der Waals surface area contributed by atoms with Crippen molar-refractivity contribution >= 4 is 35.6 Å². The molecule has 1 aromatic heterocycles. The number of carbonyl (C=O) groups is 1. The van der Waals surface area contributed by atoms with Crippen molar-refractivity contribution in [2.45, 2.75) is 45.8 Å². The van der Waals surface area contributed by atoms with Crippen LogP contribution in [0.15, 0.2) is 5.47 Å². The minimum absolute atomic E-state index is 0.217. The standard InChI is InChI=1S/C16H26BN3O4S/c1-7-22-13(21)12-11(25-14(18)20-12)8-10(9-19-6)17-23-15(2,3)16(4,5)24-17/h8,19H,7,9H2,1-6H3,(H2,18,20). The van der Waals surface area contributed by atoms with Gasteiger partial charge in [0.1, 0.15) is 0 Å². The molecule has 1 aromatic rings. The molecular formula is C16H26BN3O4S. The number of nitrogen functional groups attached to an aromatic ring is 1. The van der Waals surface area contributed by atoms with Crippen LogP contribution in [0.3, 0.4) is 0 Å². The van der Waals surface area contributed by atoms with Gasteiger partial charge in [0.25, 0.3) is 0 Å². The molecule has 0 unspecified atom stereocenters. The van der Waals surface area contributed by atoms with Gasteiger partial charge in [-0.15, -0.1) is 0 Å². The Morgan fingerprint density at radius 2 is 1.96 bits per heavy atom. The Kier molecular flexibility index (Phi) is 5.93. The molecular weight excluding hydrogens is 341 g/mol. The van der Waals surface area contributed by atoms with E-state index in [4.69, 9.17) is 19.8 Å². The average Bonchev–Trinajstić information content (AvgIpc) is 2.96. The molecule has 9 heteroatoms. The van der Waals surface area contributed by atoms with Crippen LogP contribution < -0.4 is 11.1 Å². The van der Waals surface area contributed by atoms with Gasteiger partial charge in [-0.05, 0) is 53.2 Å². The highest BCUT2D eigenvalue weighted by Crippen LogP contribution is 2.39. The molecule has 2 rings (SSSR count). The lowest BCUT2D eigenvalue weighted by Crippen LogP contribution is -2.41. The first-order chi connectivity index (χ1) is 11.6. The van der Waals surface area contributed by atoms with Crippen LogP contribution in [0.5, 0.6) is 0 Å². The molecule has 3 N–H and O–H groups in total. The van der Waals surface area contributed by atoms with Gasteiger partial charge in [-0.2, -0.15) is 0 Å². The molecule has 7 nitrogen and oxygen atoms in total. The summed E-state index contributed by atoms with van der Waals surface area (Å²) in [6.45, 7) is 10.6. The summed E-state index contributed by atoms with van der Waals surface area (Å²) in [5.41, 5.74) is 5.98. The van der Waals surface area contributed by atoms with Crippen molar-refractivity contribution in [2.24, 2.45) is 0 Å². The van der Waals surface area contributed by atoms with Crippen LogP contribution in [0.2, 0.25) is 0 Å². The highest BCUT2D eigenvalue weighted by molar-refractivity contribution is 7.16. The summed E-state index contributed by atoms with van der Waals surface area (Å²) in [4.78, 5) is 16.8. The molecule has 0 bridgehead atoms. The number of carbonyl (C=O) groups excluding carboxylic acids is 1. The second-order valence-corrected chi connectivity index (χ2v) is 7.89. The summed E-state index contributed by atoms with van der Waals surface area (Å²) in [5, 5.41) is 3.42. The summed E-state index contributed by atoms with van der Waals surface area (Å²) in [7, 11) is 1.32. The first-order valence-electron chi connectivity index (χ1n) is 8.25. The number of nitrogens with zero attached hydrogens (tertiary/aromatic N) is 1. The van der Waals surface area contributed by atoms with Crippen LogP contribution in [0.4, 0.5) is 5.13 Å². The Morgan fingerprint density at radius 3 is 2.48 bits per heavy atom. The van der Waals surface area contributed by atoms with Gasteiger partial charge in [0.2, 0.25) is 0 Å². The van der Waals surface area contributed by atoms with E-state index >= 15 is 0 Å². The van der Waals surface area contributed by atoms with Gasteiger partial charge in [-0.25, -0.2) is 9.78 Å². The quantitative estimate of drug-likeness (QED) is 0.587. The largest absolute Gasteiger partial charge is 0.491 e. The molecule has 1 aliphatic heterocycles. The minimum Gasteiger partial charge on any atom is -0.461 e. The first kappa shape index (κ1) is 19.9. The molecule has 0 spiro atoms. The SMILES string of the molecule is CCOC(=O)c1nc(N)sc1C=C(CNC)B1OC(C)(C)C(C)(C)O1. The molecule has 1 fully saturated rings. The summed E-state index contributed by atoms with van der Waals surface area (Å²) < 4.78 is 17.3. The molecule has 25 heavy (non-hydrogen) atoms. The smallest absolute Gasteiger partial charge is 0.461 e. The summed E-state index contributed by atoms with van der Waals surface area (Å²) in [6, 6.07) is 0. The molecule has 1 aliphatic rings. The molecule has 0 aliphatic carbocycles. The zero-order valence-electron chi connectivity index (χ0n) is 15.6. The van der Waals surface area contributed by atoms with Crippen molar-refractivity contribution in [2.75, 3.05) is 25.9 Å². The number of nitrogens with one attached hydrogen (secondary N) is 1. The number of nitrogens with two attached hydrogens (primary N) is 1. The predicted molar refractivity (Wildman–Crippen MR) is 100 cm³/mol. The fourth-order valence-corrected chi connectivity index (χ4v) is 3.16. The van der Waals surface area contributed by atoms with E-state index in [9.17, 15) is 4.79 Å². The number of anilines is 1. The molecule has 0 radical (unpaired) electrons. The third-order valence-corrected chi connectivity index (χ3v) is 5.22. The van der Waals surface area contributed by atoms with Crippen molar-refractivity contribution in [1.29, 1.82) is 0 Å². The molecule has 138 valence electrons. The van der Waals surface area contributed by atoms with Crippen molar-refractivity contribution in [3.05, 3.63) is 16.0 Å². The lowest BCUT2D eigenvalue weighted by Gasteiger charge is -2.32. The zero-order valence-corrected chi connectivity index (χ0v) is 16.5. The highest BCUT2D eigenvalue weighted by Gasteiger charge is 2.52. The number of aromatic nitrogens is 1. The lowest BCUT2D eigenvalue weighted by molar-refractivity contribution is 0.00578. The van der Waals surface area contributed by atoms with Crippen LogP contribution in [0, 0.1) is 0 Å². The van der Waals surface area contributed by atoms with Crippen LogP contribution in [-0.4, -0.2) is 49.5 Å². The van der Waals surface area contributed by atoms with Crippen molar-refractivity contribution < 1.29 is 18.8 Å². The molecule has 0 saturated carbocycles. The van der Waals surface area contributed by atoms with E-state index in [1.807, 2.05) is 40.8 Å². The third-order valence-electron chi connectivity index (χ3n) is 4.39. The van der Waals surface area contributed by atoms with Crippen LogP contribution >= 0.6 is 11.3 Å². The highest BCUT2D eigenvalue weighted by atomic mass is 32.1. The molecule has 1 saturated heterocycles. The second-order valence-electron chi connectivity index (χ2n) is 6.82. The summed E-state index contributed by atoms with van der Waals surface area (Å²) in [5.74, 6) is -0.487.